The molecule has 1 atom stereocenters. The lowest BCUT2D eigenvalue weighted by Gasteiger charge is -2.17. The van der Waals surface area contributed by atoms with E-state index in [9.17, 15) is 0 Å². The van der Waals surface area contributed by atoms with Gasteiger partial charge in [-0.3, -0.25) is 4.90 Å². The number of ether oxygens (including phenoxy) is 1. The molecule has 1 aliphatic rings. The van der Waals surface area contributed by atoms with Gasteiger partial charge < -0.3 is 10.5 Å². The number of para-hydroxylation sites is 1. The first-order valence-corrected chi connectivity index (χ1v) is 8.36. The number of nitrogens with zero attached hydrogens (tertiary/aromatic N) is 2. The van der Waals surface area contributed by atoms with Gasteiger partial charge >= 0.3 is 0 Å². The van der Waals surface area contributed by atoms with Crippen LogP contribution in [0, 0.1) is 0 Å². The molecule has 24 heavy (non-hydrogen) atoms. The van der Waals surface area contributed by atoms with Crippen LogP contribution >= 0.6 is 0 Å². The van der Waals surface area contributed by atoms with Crippen molar-refractivity contribution in [1.29, 1.82) is 0 Å². The van der Waals surface area contributed by atoms with E-state index in [1.807, 2.05) is 30.3 Å². The minimum atomic E-state index is 0.197. The topological polar surface area (TPSA) is 51.4 Å². The fraction of sp³-hybridized carbons (Fsp3) is 0.250. The molecule has 2 N–H and O–H groups in total. The molecule has 1 aromatic heterocycles. The number of nitrogen functional groups attached to an aromatic ring is 1. The van der Waals surface area contributed by atoms with Gasteiger partial charge in [-0.05, 0) is 30.2 Å². The van der Waals surface area contributed by atoms with Gasteiger partial charge in [0.1, 0.15) is 23.2 Å². The SMILES string of the molecule is Nc1ccc2cccc(O[C@@H]3CCN(Cc4ccccc4)C3)c2n1. The zero-order valence-electron chi connectivity index (χ0n) is 13.6. The Hall–Kier alpha value is -2.59. The fourth-order valence-corrected chi connectivity index (χ4v) is 3.29. The number of hydrogen-bond acceptors (Lipinski definition) is 4. The van der Waals surface area contributed by atoms with Gasteiger partial charge in [0.05, 0.1) is 0 Å². The molecule has 3 aromatic rings. The average molecular weight is 319 g/mol. The number of nitrogens with two attached hydrogens (primary N) is 1. The fourth-order valence-electron chi connectivity index (χ4n) is 3.29. The van der Waals surface area contributed by atoms with E-state index >= 15 is 0 Å². The van der Waals surface area contributed by atoms with Crippen molar-refractivity contribution in [3.05, 3.63) is 66.2 Å². The normalized spacial score (nSPS) is 18.1. The number of fused-ring (bicyclic) bond motifs is 1. The summed E-state index contributed by atoms with van der Waals surface area (Å²) in [7, 11) is 0. The lowest BCUT2D eigenvalue weighted by Crippen LogP contribution is -2.24. The predicted molar refractivity (Wildman–Crippen MR) is 96.9 cm³/mol. The van der Waals surface area contributed by atoms with Crippen LogP contribution in [-0.2, 0) is 6.54 Å². The highest BCUT2D eigenvalue weighted by atomic mass is 16.5. The van der Waals surface area contributed by atoms with E-state index in [0.29, 0.717) is 5.82 Å². The molecule has 0 unspecified atom stereocenters. The third kappa shape index (κ3) is 3.19. The summed E-state index contributed by atoms with van der Waals surface area (Å²) in [5.74, 6) is 1.35. The smallest absolute Gasteiger partial charge is 0.146 e. The van der Waals surface area contributed by atoms with Crippen molar-refractivity contribution < 1.29 is 4.74 Å². The Balaban J connectivity index is 1.46. The van der Waals surface area contributed by atoms with Gasteiger partial charge in [-0.2, -0.15) is 0 Å². The summed E-state index contributed by atoms with van der Waals surface area (Å²) in [5.41, 5.74) is 8.03. The van der Waals surface area contributed by atoms with Crippen molar-refractivity contribution in [2.75, 3.05) is 18.8 Å². The molecular formula is C20H21N3O. The molecule has 4 rings (SSSR count). The molecule has 1 aliphatic heterocycles. The number of likely N-dealkylation sites (tertiary alicyclic amines) is 1. The molecule has 0 amide bonds. The molecule has 1 saturated heterocycles. The highest BCUT2D eigenvalue weighted by Crippen LogP contribution is 2.27. The second-order valence-corrected chi connectivity index (χ2v) is 6.31. The van der Waals surface area contributed by atoms with Crippen molar-refractivity contribution in [3.8, 4) is 5.75 Å². The molecule has 2 aromatic carbocycles. The maximum Gasteiger partial charge on any atom is 0.146 e. The van der Waals surface area contributed by atoms with Crippen LogP contribution in [0.5, 0.6) is 5.75 Å². The maximum absolute atomic E-state index is 6.25. The van der Waals surface area contributed by atoms with Crippen LogP contribution in [0.2, 0.25) is 0 Å². The summed E-state index contributed by atoms with van der Waals surface area (Å²) in [6.07, 6.45) is 1.23. The summed E-state index contributed by atoms with van der Waals surface area (Å²) in [5, 5.41) is 1.06. The lowest BCUT2D eigenvalue weighted by molar-refractivity contribution is 0.200. The Morgan fingerprint density at radius 1 is 1.04 bits per heavy atom. The van der Waals surface area contributed by atoms with Crippen LogP contribution in [-0.4, -0.2) is 29.1 Å². The molecule has 4 nitrogen and oxygen atoms in total. The second-order valence-electron chi connectivity index (χ2n) is 6.31. The van der Waals surface area contributed by atoms with E-state index in [2.05, 4.69) is 40.2 Å². The largest absolute Gasteiger partial charge is 0.487 e. The zero-order valence-corrected chi connectivity index (χ0v) is 13.6. The first-order valence-electron chi connectivity index (χ1n) is 8.36. The minimum Gasteiger partial charge on any atom is -0.487 e. The van der Waals surface area contributed by atoms with Crippen LogP contribution < -0.4 is 10.5 Å². The van der Waals surface area contributed by atoms with Gasteiger partial charge in [0.15, 0.2) is 0 Å². The first kappa shape index (κ1) is 15.0. The van der Waals surface area contributed by atoms with Gasteiger partial charge in [0.2, 0.25) is 0 Å². The van der Waals surface area contributed by atoms with Gasteiger partial charge in [-0.25, -0.2) is 4.98 Å². The molecule has 0 spiro atoms. The molecule has 0 bridgehead atoms. The number of benzene rings is 2. The first-order chi connectivity index (χ1) is 11.8. The number of pyridine rings is 1. The van der Waals surface area contributed by atoms with E-state index in [1.165, 1.54) is 5.56 Å². The summed E-state index contributed by atoms with van der Waals surface area (Å²) in [6, 6.07) is 20.4. The lowest BCUT2D eigenvalue weighted by atomic mass is 10.2. The van der Waals surface area contributed by atoms with Crippen molar-refractivity contribution >= 4 is 16.7 Å². The van der Waals surface area contributed by atoms with Gasteiger partial charge in [0.25, 0.3) is 0 Å². The van der Waals surface area contributed by atoms with Gasteiger partial charge in [-0.15, -0.1) is 0 Å². The quantitative estimate of drug-likeness (QED) is 0.800. The summed E-state index contributed by atoms with van der Waals surface area (Å²) in [6.45, 7) is 2.97. The van der Waals surface area contributed by atoms with Crippen LogP contribution in [0.15, 0.2) is 60.7 Å². The predicted octanol–water partition coefficient (Wildman–Crippen LogP) is 3.47. The Bertz CT molecular complexity index is 835. The molecule has 0 saturated carbocycles. The van der Waals surface area contributed by atoms with Crippen LogP contribution in [0.1, 0.15) is 12.0 Å². The monoisotopic (exact) mass is 319 g/mol. The maximum atomic E-state index is 6.25. The summed E-state index contributed by atoms with van der Waals surface area (Å²) >= 11 is 0. The molecule has 1 fully saturated rings. The van der Waals surface area contributed by atoms with Crippen molar-refractivity contribution in [2.24, 2.45) is 0 Å². The highest BCUT2D eigenvalue weighted by molar-refractivity contribution is 5.85. The average Bonchev–Trinajstić information content (AvgIpc) is 3.03. The summed E-state index contributed by atoms with van der Waals surface area (Å²) < 4.78 is 6.25. The zero-order chi connectivity index (χ0) is 16.4. The molecule has 4 heteroatoms. The van der Waals surface area contributed by atoms with E-state index in [1.54, 1.807) is 0 Å². The number of rotatable bonds is 4. The standard InChI is InChI=1S/C20H21N3O/c21-19-10-9-16-7-4-8-18(20(16)22-19)24-17-11-12-23(14-17)13-15-5-2-1-3-6-15/h1-10,17H,11-14H2,(H2,21,22)/t17-/m1/s1. The highest BCUT2D eigenvalue weighted by Gasteiger charge is 2.24. The number of anilines is 1. The van der Waals surface area contributed by atoms with Crippen LogP contribution in [0.4, 0.5) is 5.82 Å². The molecular weight excluding hydrogens is 298 g/mol. The summed E-state index contributed by atoms with van der Waals surface area (Å²) in [4.78, 5) is 6.88. The van der Waals surface area contributed by atoms with Crippen LogP contribution in [0.25, 0.3) is 10.9 Å². The van der Waals surface area contributed by atoms with Crippen molar-refractivity contribution in [1.82, 2.24) is 9.88 Å². The Morgan fingerprint density at radius 3 is 2.79 bits per heavy atom. The van der Waals surface area contributed by atoms with Crippen molar-refractivity contribution in [3.63, 3.8) is 0 Å². The second kappa shape index (κ2) is 6.49. The van der Waals surface area contributed by atoms with E-state index < -0.39 is 0 Å². The molecule has 122 valence electrons. The van der Waals surface area contributed by atoms with E-state index in [4.69, 9.17) is 10.5 Å². The minimum absolute atomic E-state index is 0.197. The Labute approximate surface area is 141 Å². The van der Waals surface area contributed by atoms with Crippen LogP contribution in [0.3, 0.4) is 0 Å². The molecule has 0 aliphatic carbocycles. The third-order valence-electron chi connectivity index (χ3n) is 4.48. The third-order valence-corrected chi connectivity index (χ3v) is 4.48. The number of hydrogen-bond donors (Lipinski definition) is 1. The Kier molecular flexibility index (Phi) is 4.05. The molecule has 0 radical (unpaired) electrons. The van der Waals surface area contributed by atoms with E-state index in [-0.39, 0.29) is 6.10 Å². The van der Waals surface area contributed by atoms with Crippen molar-refractivity contribution in [2.45, 2.75) is 19.1 Å². The number of aromatic nitrogens is 1. The Morgan fingerprint density at radius 2 is 1.92 bits per heavy atom. The van der Waals surface area contributed by atoms with E-state index in [0.717, 1.165) is 42.7 Å². The van der Waals surface area contributed by atoms with Gasteiger partial charge in [-0.1, -0.05) is 42.5 Å². The van der Waals surface area contributed by atoms with Gasteiger partial charge in [0, 0.05) is 25.0 Å². The molecule has 2 heterocycles.